The van der Waals surface area contributed by atoms with Crippen molar-refractivity contribution in [3.05, 3.63) is 26.7 Å². The van der Waals surface area contributed by atoms with Crippen LogP contribution in [-0.2, 0) is 10.1 Å². The molecular formula is C6H4INO4S. The van der Waals surface area contributed by atoms with Crippen LogP contribution in [0.2, 0.25) is 0 Å². The van der Waals surface area contributed by atoms with Crippen LogP contribution >= 0.6 is 22.6 Å². The van der Waals surface area contributed by atoms with Crippen LogP contribution < -0.4 is 0 Å². The summed E-state index contributed by atoms with van der Waals surface area (Å²) in [5, 5.41) is 2.56. The highest BCUT2D eigenvalue weighted by Crippen LogP contribution is 2.23. The van der Waals surface area contributed by atoms with Gasteiger partial charge in [-0.05, 0) is 46.0 Å². The highest BCUT2D eigenvalue weighted by Gasteiger charge is 2.14. The Balaban J connectivity index is 3.44. The number of nitroso groups, excluding NO2 is 1. The maximum Gasteiger partial charge on any atom is 0.295 e. The Labute approximate surface area is 88.0 Å². The minimum Gasteiger partial charge on any atom is -0.282 e. The van der Waals surface area contributed by atoms with Crippen LogP contribution in [0.3, 0.4) is 0 Å². The molecule has 0 saturated carbocycles. The van der Waals surface area contributed by atoms with Gasteiger partial charge in [-0.25, -0.2) is 0 Å². The fourth-order valence-electron chi connectivity index (χ4n) is 0.747. The van der Waals surface area contributed by atoms with E-state index in [1.54, 1.807) is 22.6 Å². The van der Waals surface area contributed by atoms with Gasteiger partial charge in [0.05, 0.1) is 0 Å². The molecule has 0 atom stereocenters. The first-order valence-electron chi connectivity index (χ1n) is 3.05. The predicted molar refractivity (Wildman–Crippen MR) is 54.4 cm³/mol. The Bertz CT molecular complexity index is 442. The molecule has 0 heterocycles. The Morgan fingerprint density at radius 2 is 2.00 bits per heavy atom. The maximum atomic E-state index is 10.7. The van der Waals surface area contributed by atoms with Crippen LogP contribution in [0.5, 0.6) is 0 Å². The van der Waals surface area contributed by atoms with Crippen molar-refractivity contribution in [3.63, 3.8) is 0 Å². The molecule has 5 nitrogen and oxygen atoms in total. The highest BCUT2D eigenvalue weighted by atomic mass is 127. The van der Waals surface area contributed by atoms with E-state index in [-0.39, 0.29) is 10.6 Å². The molecule has 0 spiro atoms. The van der Waals surface area contributed by atoms with E-state index in [0.717, 1.165) is 6.07 Å². The van der Waals surface area contributed by atoms with E-state index in [1.165, 1.54) is 12.1 Å². The topological polar surface area (TPSA) is 83.8 Å². The van der Waals surface area contributed by atoms with Crippen molar-refractivity contribution in [1.82, 2.24) is 0 Å². The van der Waals surface area contributed by atoms with Gasteiger partial charge < -0.3 is 0 Å². The van der Waals surface area contributed by atoms with Crippen molar-refractivity contribution < 1.29 is 13.0 Å². The summed E-state index contributed by atoms with van der Waals surface area (Å²) >= 11 is 1.74. The zero-order valence-corrected chi connectivity index (χ0v) is 9.11. The molecule has 0 aliphatic heterocycles. The highest BCUT2D eigenvalue weighted by molar-refractivity contribution is 14.1. The first-order valence-corrected chi connectivity index (χ1v) is 5.57. The molecule has 0 aliphatic carbocycles. The van der Waals surface area contributed by atoms with E-state index >= 15 is 0 Å². The van der Waals surface area contributed by atoms with E-state index in [1.807, 2.05) is 0 Å². The standard InChI is InChI=1S/C6H4INO4S/c7-5-2-1-4(8-9)3-6(5)13(10,11)12/h1-3H,(H,10,11,12). The SMILES string of the molecule is O=Nc1ccc(I)c(S(=O)(=O)O)c1. The van der Waals surface area contributed by atoms with Crippen LogP contribution in [0, 0.1) is 8.48 Å². The third-order valence-corrected chi connectivity index (χ3v) is 3.50. The second kappa shape index (κ2) is 3.68. The summed E-state index contributed by atoms with van der Waals surface area (Å²) in [5.41, 5.74) is -0.0342. The van der Waals surface area contributed by atoms with Crippen LogP contribution in [0.25, 0.3) is 0 Å². The molecule has 1 N–H and O–H groups in total. The molecule has 0 unspecified atom stereocenters. The molecule has 70 valence electrons. The molecule has 13 heavy (non-hydrogen) atoms. The molecule has 0 aromatic heterocycles. The third kappa shape index (κ3) is 2.45. The van der Waals surface area contributed by atoms with Gasteiger partial charge in [-0.2, -0.15) is 8.42 Å². The molecular weight excluding hydrogens is 309 g/mol. The lowest BCUT2D eigenvalue weighted by Crippen LogP contribution is -2.00. The lowest BCUT2D eigenvalue weighted by Gasteiger charge is -1.99. The number of nitrogens with zero attached hydrogens (tertiary/aromatic N) is 1. The van der Waals surface area contributed by atoms with Gasteiger partial charge in [0.15, 0.2) is 0 Å². The normalized spacial score (nSPS) is 11.2. The van der Waals surface area contributed by atoms with Gasteiger partial charge >= 0.3 is 0 Å². The Kier molecular flexibility index (Phi) is 2.98. The molecule has 0 radical (unpaired) electrons. The lowest BCUT2D eigenvalue weighted by atomic mass is 10.3. The lowest BCUT2D eigenvalue weighted by molar-refractivity contribution is 0.482. The van der Waals surface area contributed by atoms with E-state index in [9.17, 15) is 13.3 Å². The second-order valence-corrected chi connectivity index (χ2v) is 4.73. The van der Waals surface area contributed by atoms with Gasteiger partial charge in [0.25, 0.3) is 10.1 Å². The van der Waals surface area contributed by atoms with Gasteiger partial charge in [-0.1, -0.05) is 0 Å². The monoisotopic (exact) mass is 313 g/mol. The van der Waals surface area contributed by atoms with Gasteiger partial charge in [-0.3, -0.25) is 4.55 Å². The van der Waals surface area contributed by atoms with Crippen molar-refractivity contribution in [2.24, 2.45) is 5.18 Å². The molecule has 1 rings (SSSR count). The number of hydrogen-bond acceptors (Lipinski definition) is 4. The minimum atomic E-state index is -4.27. The number of benzene rings is 1. The van der Waals surface area contributed by atoms with Gasteiger partial charge in [0.1, 0.15) is 10.6 Å². The van der Waals surface area contributed by atoms with Crippen molar-refractivity contribution >= 4 is 38.4 Å². The zero-order valence-electron chi connectivity index (χ0n) is 6.14. The van der Waals surface area contributed by atoms with Gasteiger partial charge in [0, 0.05) is 3.57 Å². The first-order chi connectivity index (χ1) is 5.95. The fourth-order valence-corrected chi connectivity index (χ4v) is 2.50. The minimum absolute atomic E-state index is 0.0342. The van der Waals surface area contributed by atoms with Gasteiger partial charge in [-0.15, -0.1) is 4.91 Å². The van der Waals surface area contributed by atoms with Crippen LogP contribution in [0.15, 0.2) is 28.3 Å². The molecule has 7 heteroatoms. The Hall–Kier alpha value is -0.540. The molecule has 0 saturated heterocycles. The van der Waals surface area contributed by atoms with Crippen molar-refractivity contribution in [2.75, 3.05) is 0 Å². The van der Waals surface area contributed by atoms with Crippen molar-refractivity contribution in [3.8, 4) is 0 Å². The zero-order chi connectivity index (χ0) is 10.1. The quantitative estimate of drug-likeness (QED) is 0.514. The van der Waals surface area contributed by atoms with Crippen LogP contribution in [0.4, 0.5) is 5.69 Å². The number of hydrogen-bond donors (Lipinski definition) is 1. The fraction of sp³-hybridized carbons (Fsp3) is 0. The molecule has 0 fully saturated rings. The average molecular weight is 313 g/mol. The van der Waals surface area contributed by atoms with E-state index in [4.69, 9.17) is 4.55 Å². The second-order valence-electron chi connectivity index (χ2n) is 2.18. The summed E-state index contributed by atoms with van der Waals surface area (Å²) in [6.45, 7) is 0. The summed E-state index contributed by atoms with van der Waals surface area (Å²) in [4.78, 5) is 9.77. The third-order valence-electron chi connectivity index (χ3n) is 1.30. The van der Waals surface area contributed by atoms with Gasteiger partial charge in [0.2, 0.25) is 0 Å². The Morgan fingerprint density at radius 3 is 2.46 bits per heavy atom. The van der Waals surface area contributed by atoms with Crippen LogP contribution in [-0.4, -0.2) is 13.0 Å². The predicted octanol–water partition coefficient (Wildman–Crippen LogP) is 1.94. The summed E-state index contributed by atoms with van der Waals surface area (Å²) in [6, 6.07) is 3.77. The molecule has 0 aliphatic rings. The molecule has 0 amide bonds. The average Bonchev–Trinajstić information content (AvgIpc) is 2.03. The van der Waals surface area contributed by atoms with E-state index < -0.39 is 10.1 Å². The summed E-state index contributed by atoms with van der Waals surface area (Å²) in [7, 11) is -4.27. The summed E-state index contributed by atoms with van der Waals surface area (Å²) in [5.74, 6) is 0. The van der Waals surface area contributed by atoms with Crippen LogP contribution in [0.1, 0.15) is 0 Å². The van der Waals surface area contributed by atoms with Crippen molar-refractivity contribution in [2.45, 2.75) is 4.90 Å². The van der Waals surface area contributed by atoms with E-state index in [0.29, 0.717) is 3.57 Å². The smallest absolute Gasteiger partial charge is 0.282 e. The molecule has 1 aromatic carbocycles. The first kappa shape index (κ1) is 10.5. The van der Waals surface area contributed by atoms with Crippen molar-refractivity contribution in [1.29, 1.82) is 0 Å². The summed E-state index contributed by atoms with van der Waals surface area (Å²) < 4.78 is 30.5. The summed E-state index contributed by atoms with van der Waals surface area (Å²) in [6.07, 6.45) is 0. The molecule has 0 bridgehead atoms. The number of rotatable bonds is 2. The molecule has 1 aromatic rings. The number of halogens is 1. The van der Waals surface area contributed by atoms with E-state index in [2.05, 4.69) is 5.18 Å². The maximum absolute atomic E-state index is 10.7. The largest absolute Gasteiger partial charge is 0.295 e. The Morgan fingerprint density at radius 1 is 1.38 bits per heavy atom.